The molecule has 1 aromatic rings. The third-order valence-corrected chi connectivity index (χ3v) is 2.33. The summed E-state index contributed by atoms with van der Waals surface area (Å²) in [5.74, 6) is -1.18. The van der Waals surface area contributed by atoms with Crippen LogP contribution in [-0.2, 0) is 6.42 Å². The van der Waals surface area contributed by atoms with E-state index in [4.69, 9.17) is 17.2 Å². The predicted molar refractivity (Wildman–Crippen MR) is 57.1 cm³/mol. The van der Waals surface area contributed by atoms with E-state index in [1.807, 2.05) is 0 Å². The summed E-state index contributed by atoms with van der Waals surface area (Å²) in [5.41, 5.74) is 0.188. The third kappa shape index (κ3) is 1.72. The standard InChI is InChI=1S/C10H11BO5/c1-15-7-3-2-6-4-5-11(14)16-9(6)8(7)10(12)13/h2-3,14H,4-5H2,1H3,(H,12,13)/i5D2. The van der Waals surface area contributed by atoms with Gasteiger partial charge in [0.1, 0.15) is 17.1 Å². The highest BCUT2D eigenvalue weighted by atomic mass is 16.5. The van der Waals surface area contributed by atoms with Gasteiger partial charge in [0.2, 0.25) is 0 Å². The zero-order valence-electron chi connectivity index (χ0n) is 10.6. The normalized spacial score (nSPS) is 19.0. The van der Waals surface area contributed by atoms with E-state index in [9.17, 15) is 9.82 Å². The first kappa shape index (κ1) is 8.46. The molecule has 6 heteroatoms. The number of aryl methyl sites for hydroxylation is 1. The van der Waals surface area contributed by atoms with Gasteiger partial charge in [-0.15, -0.1) is 0 Å². The van der Waals surface area contributed by atoms with Gasteiger partial charge in [-0.3, -0.25) is 0 Å². The Kier molecular flexibility index (Phi) is 2.15. The van der Waals surface area contributed by atoms with Crippen LogP contribution in [0, 0.1) is 0 Å². The molecule has 1 aromatic carbocycles. The number of rotatable bonds is 2. The molecule has 0 amide bonds. The summed E-state index contributed by atoms with van der Waals surface area (Å²) in [6, 6.07) is 2.98. The maximum Gasteiger partial charge on any atom is 0.522 e. The zero-order valence-corrected chi connectivity index (χ0v) is 8.56. The van der Waals surface area contributed by atoms with Crippen molar-refractivity contribution >= 4 is 13.1 Å². The highest BCUT2D eigenvalue weighted by Gasteiger charge is 2.29. The molecular weight excluding hydrogens is 211 g/mol. The van der Waals surface area contributed by atoms with E-state index >= 15 is 0 Å². The maximum atomic E-state index is 11.2. The average Bonchev–Trinajstić information content (AvgIpc) is 2.28. The molecule has 0 saturated heterocycles. The molecule has 16 heavy (non-hydrogen) atoms. The number of hydrogen-bond donors (Lipinski definition) is 2. The second kappa shape index (κ2) is 4.06. The van der Waals surface area contributed by atoms with Crippen LogP contribution in [0.15, 0.2) is 12.1 Å². The summed E-state index contributed by atoms with van der Waals surface area (Å²) < 4.78 is 25.0. The van der Waals surface area contributed by atoms with Gasteiger partial charge in [0.15, 0.2) is 0 Å². The summed E-state index contributed by atoms with van der Waals surface area (Å²) >= 11 is 0. The highest BCUT2D eigenvalue weighted by Crippen LogP contribution is 2.36. The van der Waals surface area contributed by atoms with E-state index in [0.29, 0.717) is 5.56 Å². The molecule has 2 N–H and O–H groups in total. The Hall–Kier alpha value is -1.69. The summed E-state index contributed by atoms with van der Waals surface area (Å²) in [7, 11) is -0.373. The lowest BCUT2D eigenvalue weighted by Crippen LogP contribution is -2.28. The third-order valence-electron chi connectivity index (χ3n) is 2.33. The molecular formula is C10H11BO5. The van der Waals surface area contributed by atoms with Crippen LogP contribution < -0.4 is 9.39 Å². The second-order valence-corrected chi connectivity index (χ2v) is 3.29. The molecule has 0 aromatic heterocycles. The van der Waals surface area contributed by atoms with Crippen LogP contribution in [0.4, 0.5) is 0 Å². The Bertz CT molecular complexity index is 505. The Balaban J connectivity index is 2.59. The number of carbonyl (C=O) groups is 1. The monoisotopic (exact) mass is 224 g/mol. The molecule has 0 radical (unpaired) electrons. The Morgan fingerprint density at radius 2 is 2.44 bits per heavy atom. The zero-order chi connectivity index (χ0) is 13.5. The molecule has 2 rings (SSSR count). The largest absolute Gasteiger partial charge is 0.535 e. The lowest BCUT2D eigenvalue weighted by molar-refractivity contribution is 0.0690. The van der Waals surface area contributed by atoms with Crippen molar-refractivity contribution < 1.29 is 27.1 Å². The van der Waals surface area contributed by atoms with Crippen molar-refractivity contribution in [1.29, 1.82) is 0 Å². The fourth-order valence-corrected chi connectivity index (χ4v) is 1.60. The first-order valence-electron chi connectivity index (χ1n) is 5.64. The number of methoxy groups -OCH3 is 1. The molecule has 0 unspecified atom stereocenters. The van der Waals surface area contributed by atoms with Gasteiger partial charge in [-0.2, -0.15) is 0 Å². The van der Waals surface area contributed by atoms with E-state index in [1.165, 1.54) is 19.2 Å². The molecule has 0 fully saturated rings. The topological polar surface area (TPSA) is 76.0 Å². The molecule has 0 saturated carbocycles. The number of carboxylic acid groups (broad SMARTS) is 1. The molecule has 84 valence electrons. The lowest BCUT2D eigenvalue weighted by Gasteiger charge is -2.22. The Morgan fingerprint density at radius 3 is 3.06 bits per heavy atom. The van der Waals surface area contributed by atoms with Crippen molar-refractivity contribution in [3.63, 3.8) is 0 Å². The van der Waals surface area contributed by atoms with Gasteiger partial charge in [-0.25, -0.2) is 4.79 Å². The molecule has 0 aliphatic carbocycles. The summed E-state index contributed by atoms with van der Waals surface area (Å²) in [6.45, 7) is 0. The van der Waals surface area contributed by atoms with Crippen LogP contribution >= 0.6 is 0 Å². The smallest absolute Gasteiger partial charge is 0.522 e. The summed E-state index contributed by atoms with van der Waals surface area (Å²) in [4.78, 5) is 11.2. The minimum Gasteiger partial charge on any atom is -0.535 e. The van der Waals surface area contributed by atoms with E-state index in [0.717, 1.165) is 0 Å². The first-order chi connectivity index (χ1) is 8.36. The number of aromatic carboxylic acids is 1. The fraction of sp³-hybridized carbons (Fsp3) is 0.300. The van der Waals surface area contributed by atoms with Crippen molar-refractivity contribution in [2.75, 3.05) is 7.11 Å². The minimum atomic E-state index is -1.95. The lowest BCUT2D eigenvalue weighted by atomic mass is 9.78. The van der Waals surface area contributed by atoms with Crippen LogP contribution in [0.3, 0.4) is 0 Å². The highest BCUT2D eigenvalue weighted by molar-refractivity contribution is 6.44. The number of fused-ring (bicyclic) bond motifs is 1. The van der Waals surface area contributed by atoms with Gasteiger partial charge >= 0.3 is 13.1 Å². The van der Waals surface area contributed by atoms with Gasteiger partial charge < -0.3 is 19.5 Å². The van der Waals surface area contributed by atoms with Gasteiger partial charge in [0.25, 0.3) is 0 Å². The molecule has 1 aliphatic rings. The fourth-order valence-electron chi connectivity index (χ4n) is 1.60. The van der Waals surface area contributed by atoms with Crippen molar-refractivity contribution in [3.05, 3.63) is 23.3 Å². The summed E-state index contributed by atoms with van der Waals surface area (Å²) in [6.07, 6.45) is -2.06. The van der Waals surface area contributed by atoms with Crippen LogP contribution in [0.25, 0.3) is 0 Å². The Labute approximate surface area is 95.6 Å². The van der Waals surface area contributed by atoms with Gasteiger partial charge in [-0.1, -0.05) is 6.07 Å². The minimum absolute atomic E-state index is 0.0375. The van der Waals surface area contributed by atoms with Crippen molar-refractivity contribution in [2.24, 2.45) is 0 Å². The SMILES string of the molecule is [2H]C1([2H])Cc2ccc(OC)c(C(=O)O)c2OB1O. The van der Waals surface area contributed by atoms with Crippen molar-refractivity contribution in [1.82, 2.24) is 0 Å². The van der Waals surface area contributed by atoms with Crippen LogP contribution in [0.5, 0.6) is 11.5 Å². The van der Waals surface area contributed by atoms with E-state index in [1.54, 1.807) is 0 Å². The first-order valence-corrected chi connectivity index (χ1v) is 4.64. The number of carboxylic acids is 1. The van der Waals surface area contributed by atoms with E-state index in [-0.39, 0.29) is 23.5 Å². The number of ether oxygens (including phenoxy) is 1. The second-order valence-electron chi connectivity index (χ2n) is 3.29. The predicted octanol–water partition coefficient (Wildman–Crippen LogP) is 0.809. The molecule has 0 atom stereocenters. The van der Waals surface area contributed by atoms with Gasteiger partial charge in [0.05, 0.1) is 7.11 Å². The molecule has 0 bridgehead atoms. The van der Waals surface area contributed by atoms with Gasteiger partial charge in [-0.05, 0) is 24.3 Å². The molecule has 0 spiro atoms. The summed E-state index contributed by atoms with van der Waals surface area (Å²) in [5, 5.41) is 18.7. The number of hydrogen-bond acceptors (Lipinski definition) is 4. The van der Waals surface area contributed by atoms with Gasteiger partial charge in [0, 0.05) is 2.74 Å². The number of benzene rings is 1. The quantitative estimate of drug-likeness (QED) is 0.727. The van der Waals surface area contributed by atoms with E-state index < -0.39 is 19.4 Å². The van der Waals surface area contributed by atoms with Crippen molar-refractivity contribution in [2.45, 2.75) is 12.7 Å². The Morgan fingerprint density at radius 1 is 1.69 bits per heavy atom. The van der Waals surface area contributed by atoms with E-state index in [2.05, 4.69) is 0 Å². The van der Waals surface area contributed by atoms with Crippen LogP contribution in [0.2, 0.25) is 6.27 Å². The van der Waals surface area contributed by atoms with Crippen LogP contribution in [0.1, 0.15) is 18.7 Å². The maximum absolute atomic E-state index is 11.2. The molecule has 1 heterocycles. The average molecular weight is 224 g/mol. The molecule has 1 aliphatic heterocycles. The van der Waals surface area contributed by atoms with Crippen molar-refractivity contribution in [3.8, 4) is 11.5 Å². The van der Waals surface area contributed by atoms with Crippen LogP contribution in [-0.4, -0.2) is 30.3 Å². The molecule has 5 nitrogen and oxygen atoms in total.